The van der Waals surface area contributed by atoms with Crippen LogP contribution in [-0.2, 0) is 25.5 Å². The summed E-state index contributed by atoms with van der Waals surface area (Å²) >= 11 is 0. The van der Waals surface area contributed by atoms with Crippen molar-refractivity contribution in [1.29, 1.82) is 0 Å². The smallest absolute Gasteiger partial charge is 0.331 e. The van der Waals surface area contributed by atoms with Gasteiger partial charge in [-0.1, -0.05) is 82.5 Å². The van der Waals surface area contributed by atoms with E-state index < -0.39 is 28.3 Å². The Labute approximate surface area is 292 Å². The van der Waals surface area contributed by atoms with E-state index in [0.717, 1.165) is 63.4 Å². The Morgan fingerprint density at radius 1 is 1.12 bits per heavy atom. The van der Waals surface area contributed by atoms with Crippen molar-refractivity contribution in [3.63, 3.8) is 0 Å². The minimum atomic E-state index is -1.34. The van der Waals surface area contributed by atoms with Gasteiger partial charge in [-0.2, -0.15) is 0 Å². The standard InChI is InChI=1S/C41H58N2O6/c1-27(10-8-13-29-11-6-5-7-12-29)16-17-31-19-21-37(3)26-39(49-28(2)44)36-38(4,32-14-9-15-33(32)42-43-39)22-20-34(45)41(31,36)40(37,47)23-18-30-24-35(46)48-25-30/h5-7,11-12,19,21,24,27,31-34,36,42-43,45,47H,8-10,13-18,20,22-23,25-26H2,1-4H3. The fourth-order valence-corrected chi connectivity index (χ4v) is 12.4. The summed E-state index contributed by atoms with van der Waals surface area (Å²) in [5, 5.41) is 26.6. The largest absolute Gasteiger partial charge is 0.458 e. The predicted octanol–water partition coefficient (Wildman–Crippen LogP) is 6.32. The van der Waals surface area contributed by atoms with E-state index in [1.165, 1.54) is 12.5 Å². The number of carbonyl (C=O) groups excluding carboxylic acids is 2. The Hall–Kier alpha value is -2.52. The van der Waals surface area contributed by atoms with Crippen LogP contribution in [0.1, 0.15) is 110 Å². The van der Waals surface area contributed by atoms with E-state index in [9.17, 15) is 19.8 Å². The van der Waals surface area contributed by atoms with Crippen LogP contribution in [0.3, 0.4) is 0 Å². The van der Waals surface area contributed by atoms with Gasteiger partial charge in [0.25, 0.3) is 0 Å². The van der Waals surface area contributed by atoms with Gasteiger partial charge < -0.3 is 19.7 Å². The highest BCUT2D eigenvalue weighted by atomic mass is 16.6. The number of hydrogen-bond acceptors (Lipinski definition) is 8. The van der Waals surface area contributed by atoms with Gasteiger partial charge in [-0.15, -0.1) is 0 Å². The van der Waals surface area contributed by atoms with E-state index in [1.807, 2.05) is 0 Å². The van der Waals surface area contributed by atoms with Gasteiger partial charge in [0.05, 0.1) is 11.7 Å². The molecule has 268 valence electrons. The van der Waals surface area contributed by atoms with Gasteiger partial charge in [0.1, 0.15) is 6.61 Å². The number of aliphatic hydroxyl groups is 2. The van der Waals surface area contributed by atoms with E-state index in [2.05, 4.69) is 74.1 Å². The molecule has 4 aliphatic carbocycles. The number of aliphatic hydroxyl groups excluding tert-OH is 1. The summed E-state index contributed by atoms with van der Waals surface area (Å²) in [6.07, 6.45) is 16.3. The Morgan fingerprint density at radius 3 is 2.65 bits per heavy atom. The third kappa shape index (κ3) is 5.55. The number of aryl methyl sites for hydroxylation is 1. The minimum Gasteiger partial charge on any atom is -0.458 e. The molecular weight excluding hydrogens is 616 g/mol. The first kappa shape index (κ1) is 34.9. The van der Waals surface area contributed by atoms with Crippen LogP contribution in [0, 0.1) is 39.9 Å². The molecule has 8 heteroatoms. The number of nitrogens with one attached hydrogen (secondary N) is 2. The van der Waals surface area contributed by atoms with Gasteiger partial charge in [-0.05, 0) is 92.1 Å². The first-order valence-corrected chi connectivity index (χ1v) is 19.1. The molecule has 49 heavy (non-hydrogen) atoms. The summed E-state index contributed by atoms with van der Waals surface area (Å²) in [5.74, 6) is -0.383. The van der Waals surface area contributed by atoms with Crippen LogP contribution in [0.15, 0.2) is 54.1 Å². The summed E-state index contributed by atoms with van der Waals surface area (Å²) in [7, 11) is 0. The second-order valence-electron chi connectivity index (χ2n) is 17.2. The van der Waals surface area contributed by atoms with Crippen molar-refractivity contribution in [1.82, 2.24) is 10.9 Å². The number of ether oxygens (including phenoxy) is 2. The number of esters is 2. The lowest BCUT2D eigenvalue weighted by Crippen LogP contribution is -2.83. The normalized spacial score (nSPS) is 42.8. The molecule has 0 radical (unpaired) electrons. The van der Waals surface area contributed by atoms with Gasteiger partial charge in [-0.3, -0.25) is 10.2 Å². The van der Waals surface area contributed by atoms with Crippen molar-refractivity contribution in [2.45, 2.75) is 135 Å². The molecule has 4 fully saturated rings. The molecular formula is C41H58N2O6. The van der Waals surface area contributed by atoms with E-state index in [0.29, 0.717) is 37.5 Å². The maximum Gasteiger partial charge on any atom is 0.331 e. The predicted molar refractivity (Wildman–Crippen MR) is 188 cm³/mol. The Morgan fingerprint density at radius 2 is 1.92 bits per heavy atom. The molecule has 2 bridgehead atoms. The van der Waals surface area contributed by atoms with Crippen LogP contribution >= 0.6 is 0 Å². The zero-order valence-corrected chi connectivity index (χ0v) is 30.0. The molecule has 3 saturated carbocycles. The summed E-state index contributed by atoms with van der Waals surface area (Å²) in [6.45, 7) is 8.53. The summed E-state index contributed by atoms with van der Waals surface area (Å²) < 4.78 is 11.9. The van der Waals surface area contributed by atoms with Crippen molar-refractivity contribution < 1.29 is 29.3 Å². The number of cyclic esters (lactones) is 1. The third-order valence-electron chi connectivity index (χ3n) is 14.4. The monoisotopic (exact) mass is 674 g/mol. The highest BCUT2D eigenvalue weighted by molar-refractivity contribution is 5.85. The Kier molecular flexibility index (Phi) is 9.20. The van der Waals surface area contributed by atoms with Crippen molar-refractivity contribution >= 4 is 11.9 Å². The molecule has 2 heterocycles. The average molecular weight is 675 g/mol. The quantitative estimate of drug-likeness (QED) is 0.159. The van der Waals surface area contributed by atoms with Crippen LogP contribution in [0.4, 0.5) is 0 Å². The van der Waals surface area contributed by atoms with Gasteiger partial charge in [0.2, 0.25) is 0 Å². The van der Waals surface area contributed by atoms with Crippen LogP contribution in [0.25, 0.3) is 0 Å². The number of fused-ring (bicyclic) bond motifs is 3. The van der Waals surface area contributed by atoms with Gasteiger partial charge in [-0.25, -0.2) is 10.2 Å². The molecule has 6 aliphatic rings. The van der Waals surface area contributed by atoms with Gasteiger partial charge in [0, 0.05) is 42.2 Å². The van der Waals surface area contributed by atoms with Crippen LogP contribution < -0.4 is 10.9 Å². The van der Waals surface area contributed by atoms with Gasteiger partial charge in [0.15, 0.2) is 5.72 Å². The Bertz CT molecular complexity index is 1480. The topological polar surface area (TPSA) is 117 Å². The molecule has 11 unspecified atom stereocenters. The average Bonchev–Trinajstić information content (AvgIpc) is 3.70. The molecule has 4 N–H and O–H groups in total. The number of allylic oxidation sites excluding steroid dienone is 1. The SMILES string of the molecule is CC(=O)OC12CC3(C)C=CC(CCC(C)CCCc4ccccc4)C4(C(O)CCC(C)(C5CCCC5NN1)C24)C3(O)CCC1=CC(=O)OC1. The molecule has 0 aromatic heterocycles. The molecule has 11 atom stereocenters. The Balaban J connectivity index is 1.30. The van der Waals surface area contributed by atoms with Crippen molar-refractivity contribution in [2.75, 3.05) is 6.61 Å². The lowest BCUT2D eigenvalue weighted by Gasteiger charge is -2.76. The van der Waals surface area contributed by atoms with Crippen molar-refractivity contribution in [2.24, 2.45) is 39.9 Å². The highest BCUT2D eigenvalue weighted by Crippen LogP contribution is 2.77. The number of hydrazine groups is 1. The molecule has 1 aromatic carbocycles. The van der Waals surface area contributed by atoms with Crippen molar-refractivity contribution in [3.05, 3.63) is 59.7 Å². The summed E-state index contributed by atoms with van der Waals surface area (Å²) in [5.41, 5.74) is 5.00. The third-order valence-corrected chi connectivity index (χ3v) is 14.4. The molecule has 1 spiro atoms. The molecule has 2 aliphatic heterocycles. The highest BCUT2D eigenvalue weighted by Gasteiger charge is 2.82. The molecule has 7 rings (SSSR count). The fraction of sp³-hybridized carbons (Fsp3) is 0.707. The molecule has 1 saturated heterocycles. The van der Waals surface area contributed by atoms with E-state index in [-0.39, 0.29) is 41.8 Å². The van der Waals surface area contributed by atoms with E-state index in [4.69, 9.17) is 9.47 Å². The van der Waals surface area contributed by atoms with E-state index in [1.54, 1.807) is 6.08 Å². The first-order chi connectivity index (χ1) is 23.4. The lowest BCUT2D eigenvalue weighted by molar-refractivity contribution is -0.357. The molecule has 0 amide bonds. The van der Waals surface area contributed by atoms with Gasteiger partial charge >= 0.3 is 11.9 Å². The van der Waals surface area contributed by atoms with Crippen LogP contribution in [0.5, 0.6) is 0 Å². The van der Waals surface area contributed by atoms with Crippen LogP contribution in [0.2, 0.25) is 0 Å². The summed E-state index contributed by atoms with van der Waals surface area (Å²) in [6, 6.07) is 10.9. The number of benzene rings is 1. The number of hydrogen-bond donors (Lipinski definition) is 4. The second-order valence-corrected chi connectivity index (χ2v) is 17.2. The van der Waals surface area contributed by atoms with E-state index >= 15 is 0 Å². The number of rotatable bonds is 11. The molecule has 8 nitrogen and oxygen atoms in total. The minimum absolute atomic E-state index is 0.132. The van der Waals surface area contributed by atoms with Crippen molar-refractivity contribution in [3.8, 4) is 0 Å². The lowest BCUT2D eigenvalue weighted by atomic mass is 9.31. The zero-order chi connectivity index (χ0) is 34.7. The second kappa shape index (κ2) is 12.9. The summed E-state index contributed by atoms with van der Waals surface area (Å²) in [4.78, 5) is 25.2. The fourth-order valence-electron chi connectivity index (χ4n) is 12.4. The maximum atomic E-state index is 13.8. The first-order valence-electron chi connectivity index (χ1n) is 19.1. The molecule has 1 aromatic rings. The maximum absolute atomic E-state index is 13.8. The zero-order valence-electron chi connectivity index (χ0n) is 30.0. The van der Waals surface area contributed by atoms with Crippen LogP contribution in [-0.4, -0.2) is 52.2 Å². The number of carbonyl (C=O) groups is 2.